The van der Waals surface area contributed by atoms with E-state index in [-0.39, 0.29) is 10.6 Å². The van der Waals surface area contributed by atoms with Crippen molar-refractivity contribution < 1.29 is 8.42 Å². The van der Waals surface area contributed by atoms with Crippen molar-refractivity contribution in [1.82, 2.24) is 4.31 Å². The number of benzene rings is 1. The third-order valence-corrected chi connectivity index (χ3v) is 5.33. The molecule has 0 aliphatic rings. The van der Waals surface area contributed by atoms with Gasteiger partial charge < -0.3 is 5.73 Å². The monoisotopic (exact) mass is 304 g/mol. The Morgan fingerprint density at radius 3 is 2.47 bits per heavy atom. The number of nitrogens with zero attached hydrogens (tertiary/aromatic N) is 1. The number of sulfonamides is 1. The Kier molecular flexibility index (Phi) is 5.24. The second kappa shape index (κ2) is 6.11. The van der Waals surface area contributed by atoms with Crippen LogP contribution in [-0.2, 0) is 10.0 Å². The van der Waals surface area contributed by atoms with Crippen LogP contribution < -0.4 is 5.73 Å². The van der Waals surface area contributed by atoms with Crippen LogP contribution in [0.15, 0.2) is 17.0 Å². The van der Waals surface area contributed by atoms with Gasteiger partial charge >= 0.3 is 0 Å². The Morgan fingerprint density at radius 2 is 1.95 bits per heavy atom. The van der Waals surface area contributed by atoms with Crippen molar-refractivity contribution in [3.63, 3.8) is 0 Å². The molecule has 0 unspecified atom stereocenters. The largest absolute Gasteiger partial charge is 0.397 e. The molecule has 0 aliphatic carbocycles. The molecule has 2 N–H and O–H groups in total. The maximum atomic E-state index is 12.5. The lowest BCUT2D eigenvalue weighted by Crippen LogP contribution is -2.29. The molecule has 0 atom stereocenters. The fraction of sp³-hybridized carbons (Fsp3) is 0.538. The van der Waals surface area contributed by atoms with Crippen LogP contribution in [-0.4, -0.2) is 26.3 Å². The number of hydrogen-bond donors (Lipinski definition) is 1. The van der Waals surface area contributed by atoms with Crippen molar-refractivity contribution in [3.05, 3.63) is 22.7 Å². The lowest BCUT2D eigenvalue weighted by molar-refractivity contribution is 0.428. The molecule has 0 amide bonds. The molecule has 0 heterocycles. The molecule has 0 fully saturated rings. The second-order valence-electron chi connectivity index (χ2n) is 5.15. The molecule has 19 heavy (non-hydrogen) atoms. The summed E-state index contributed by atoms with van der Waals surface area (Å²) >= 11 is 5.88. The first-order chi connectivity index (χ1) is 8.66. The predicted molar refractivity (Wildman–Crippen MR) is 79.9 cm³/mol. The van der Waals surface area contributed by atoms with Crippen molar-refractivity contribution >= 4 is 27.3 Å². The SMILES string of the molecule is Cc1cc(Cl)c(N)cc1S(=O)(=O)N(C)CCC(C)C. The lowest BCUT2D eigenvalue weighted by atomic mass is 10.1. The summed E-state index contributed by atoms with van der Waals surface area (Å²) < 4.78 is 26.3. The van der Waals surface area contributed by atoms with Gasteiger partial charge in [-0.25, -0.2) is 12.7 Å². The van der Waals surface area contributed by atoms with Gasteiger partial charge in [0.15, 0.2) is 0 Å². The van der Waals surface area contributed by atoms with Crippen LogP contribution in [0.3, 0.4) is 0 Å². The van der Waals surface area contributed by atoms with Crippen LogP contribution in [0.4, 0.5) is 5.69 Å². The summed E-state index contributed by atoms with van der Waals surface area (Å²) in [6.07, 6.45) is 0.817. The van der Waals surface area contributed by atoms with Crippen molar-refractivity contribution in [1.29, 1.82) is 0 Å². The molecular formula is C13H21ClN2O2S. The van der Waals surface area contributed by atoms with Gasteiger partial charge in [0.25, 0.3) is 0 Å². The lowest BCUT2D eigenvalue weighted by Gasteiger charge is -2.20. The molecule has 6 heteroatoms. The Balaban J connectivity index is 3.10. The Labute approximate surface area is 120 Å². The number of halogens is 1. The van der Waals surface area contributed by atoms with Gasteiger partial charge in [-0.05, 0) is 37.0 Å². The highest BCUT2D eigenvalue weighted by Crippen LogP contribution is 2.28. The first-order valence-corrected chi connectivity index (χ1v) is 8.00. The molecule has 108 valence electrons. The number of nitrogens with two attached hydrogens (primary N) is 1. The molecule has 0 aromatic heterocycles. The van der Waals surface area contributed by atoms with Gasteiger partial charge in [0.2, 0.25) is 10.0 Å². The maximum Gasteiger partial charge on any atom is 0.243 e. The number of rotatable bonds is 5. The number of nitrogen functional groups attached to an aromatic ring is 1. The maximum absolute atomic E-state index is 12.5. The highest BCUT2D eigenvalue weighted by Gasteiger charge is 2.23. The fourth-order valence-corrected chi connectivity index (χ4v) is 3.32. The molecule has 0 saturated carbocycles. The van der Waals surface area contributed by atoms with E-state index in [0.29, 0.717) is 23.0 Å². The summed E-state index contributed by atoms with van der Waals surface area (Å²) in [4.78, 5) is 0.223. The smallest absolute Gasteiger partial charge is 0.243 e. The minimum atomic E-state index is -3.51. The van der Waals surface area contributed by atoms with E-state index in [1.165, 1.54) is 10.4 Å². The Bertz CT molecular complexity index is 556. The van der Waals surface area contributed by atoms with Crippen molar-refractivity contribution in [2.24, 2.45) is 5.92 Å². The average Bonchev–Trinajstić information content (AvgIpc) is 2.30. The Morgan fingerprint density at radius 1 is 1.37 bits per heavy atom. The van der Waals surface area contributed by atoms with Crippen molar-refractivity contribution in [2.45, 2.75) is 32.1 Å². The highest BCUT2D eigenvalue weighted by atomic mass is 35.5. The van der Waals surface area contributed by atoms with Crippen LogP contribution in [0.25, 0.3) is 0 Å². The molecule has 0 radical (unpaired) electrons. The van der Waals surface area contributed by atoms with E-state index in [0.717, 1.165) is 6.42 Å². The van der Waals surface area contributed by atoms with Crippen LogP contribution in [0.5, 0.6) is 0 Å². The summed E-state index contributed by atoms with van der Waals surface area (Å²) in [6.45, 7) is 6.33. The van der Waals surface area contributed by atoms with Gasteiger partial charge in [0.1, 0.15) is 0 Å². The van der Waals surface area contributed by atoms with Crippen LogP contribution in [0.1, 0.15) is 25.8 Å². The quantitative estimate of drug-likeness (QED) is 0.851. The van der Waals surface area contributed by atoms with Gasteiger partial charge in [0.05, 0.1) is 15.6 Å². The number of aryl methyl sites for hydroxylation is 1. The molecule has 4 nitrogen and oxygen atoms in total. The van der Waals surface area contributed by atoms with Crippen LogP contribution in [0.2, 0.25) is 5.02 Å². The zero-order chi connectivity index (χ0) is 14.8. The number of hydrogen-bond acceptors (Lipinski definition) is 3. The van der Waals surface area contributed by atoms with Crippen molar-refractivity contribution in [3.8, 4) is 0 Å². The zero-order valence-electron chi connectivity index (χ0n) is 11.8. The van der Waals surface area contributed by atoms with E-state index < -0.39 is 10.0 Å². The van der Waals surface area contributed by atoms with Crippen LogP contribution >= 0.6 is 11.6 Å². The molecule has 1 aromatic carbocycles. The van der Waals surface area contributed by atoms with E-state index in [9.17, 15) is 8.42 Å². The topological polar surface area (TPSA) is 63.4 Å². The van der Waals surface area contributed by atoms with E-state index in [2.05, 4.69) is 13.8 Å². The first kappa shape index (κ1) is 16.3. The minimum Gasteiger partial charge on any atom is -0.397 e. The predicted octanol–water partition coefficient (Wildman–Crippen LogP) is 2.90. The third kappa shape index (κ3) is 3.84. The normalized spacial score (nSPS) is 12.4. The van der Waals surface area contributed by atoms with Crippen LogP contribution in [0, 0.1) is 12.8 Å². The van der Waals surface area contributed by atoms with Gasteiger partial charge in [-0.1, -0.05) is 25.4 Å². The highest BCUT2D eigenvalue weighted by molar-refractivity contribution is 7.89. The third-order valence-electron chi connectivity index (χ3n) is 3.00. The second-order valence-corrected chi connectivity index (χ2v) is 7.57. The average molecular weight is 305 g/mol. The first-order valence-electron chi connectivity index (χ1n) is 6.18. The van der Waals surface area contributed by atoms with Gasteiger partial charge in [-0.2, -0.15) is 0 Å². The molecule has 0 bridgehead atoms. The minimum absolute atomic E-state index is 0.223. The molecule has 1 rings (SSSR count). The summed E-state index contributed by atoms with van der Waals surface area (Å²) in [5.74, 6) is 0.453. The molecule has 0 spiro atoms. The van der Waals surface area contributed by atoms with Gasteiger partial charge in [-0.15, -0.1) is 0 Å². The molecule has 1 aromatic rings. The van der Waals surface area contributed by atoms with E-state index in [1.54, 1.807) is 20.0 Å². The summed E-state index contributed by atoms with van der Waals surface area (Å²) in [5.41, 5.74) is 6.58. The Hall–Kier alpha value is -0.780. The van der Waals surface area contributed by atoms with E-state index >= 15 is 0 Å². The van der Waals surface area contributed by atoms with E-state index in [1.807, 2.05) is 0 Å². The summed E-state index contributed by atoms with van der Waals surface area (Å²) in [5, 5.41) is 0.376. The molecule has 0 saturated heterocycles. The van der Waals surface area contributed by atoms with Gasteiger partial charge in [0, 0.05) is 13.6 Å². The summed E-state index contributed by atoms with van der Waals surface area (Å²) in [7, 11) is -1.92. The fourth-order valence-electron chi connectivity index (χ4n) is 1.67. The van der Waals surface area contributed by atoms with Crippen molar-refractivity contribution in [2.75, 3.05) is 19.3 Å². The molecular weight excluding hydrogens is 284 g/mol. The zero-order valence-corrected chi connectivity index (χ0v) is 13.3. The standard InChI is InChI=1S/C13H21ClN2O2S/c1-9(2)5-6-16(4)19(17,18)13-8-12(15)11(14)7-10(13)3/h7-9H,5-6,15H2,1-4H3. The summed E-state index contributed by atoms with van der Waals surface area (Å²) in [6, 6.07) is 3.01. The molecule has 0 aliphatic heterocycles. The van der Waals surface area contributed by atoms with E-state index in [4.69, 9.17) is 17.3 Å². The number of anilines is 1. The van der Waals surface area contributed by atoms with Gasteiger partial charge in [-0.3, -0.25) is 0 Å².